The minimum atomic E-state index is -0.391. The first-order valence-corrected chi connectivity index (χ1v) is 5.56. The molecule has 1 heterocycles. The molecule has 0 N–H and O–H groups in total. The number of nitro groups is 1. The minimum absolute atomic E-state index is 0.107. The molecule has 88 valence electrons. The summed E-state index contributed by atoms with van der Waals surface area (Å²) in [6, 6.07) is 16.6. The summed E-state index contributed by atoms with van der Waals surface area (Å²) in [6.07, 6.45) is 1.96. The van der Waals surface area contributed by atoms with Gasteiger partial charge >= 0.3 is 0 Å². The number of para-hydroxylation sites is 1. The monoisotopic (exact) mass is 238 g/mol. The Morgan fingerprint density at radius 2 is 1.67 bits per heavy atom. The maximum atomic E-state index is 10.6. The second kappa shape index (κ2) is 4.00. The average Bonchev–Trinajstić information content (AvgIpc) is 2.82. The van der Waals surface area contributed by atoms with Gasteiger partial charge in [-0.3, -0.25) is 10.1 Å². The fraction of sp³-hybridized carbons (Fsp3) is 0. The van der Waals surface area contributed by atoms with E-state index in [4.69, 9.17) is 0 Å². The Kier molecular flexibility index (Phi) is 2.34. The third kappa shape index (κ3) is 1.64. The number of hydrogen-bond donors (Lipinski definition) is 0. The van der Waals surface area contributed by atoms with Crippen LogP contribution in [0.25, 0.3) is 16.6 Å². The lowest BCUT2D eigenvalue weighted by Crippen LogP contribution is -1.93. The number of aromatic nitrogens is 1. The highest BCUT2D eigenvalue weighted by Gasteiger charge is 2.06. The van der Waals surface area contributed by atoms with E-state index in [0.717, 1.165) is 16.6 Å². The third-order valence-electron chi connectivity index (χ3n) is 2.94. The summed E-state index contributed by atoms with van der Waals surface area (Å²) in [5.74, 6) is 0. The van der Waals surface area contributed by atoms with Crippen LogP contribution in [-0.4, -0.2) is 9.49 Å². The molecule has 0 atom stereocenters. The summed E-state index contributed by atoms with van der Waals surface area (Å²) in [5.41, 5.74) is 2.11. The molecule has 0 fully saturated rings. The molecule has 0 aliphatic carbocycles. The molecule has 0 saturated carbocycles. The number of rotatable bonds is 2. The maximum absolute atomic E-state index is 10.6. The smallest absolute Gasteiger partial charge is 0.269 e. The Labute approximate surface area is 103 Å². The van der Waals surface area contributed by atoms with E-state index < -0.39 is 4.92 Å². The van der Waals surface area contributed by atoms with Crippen LogP contribution in [0, 0.1) is 10.1 Å². The lowest BCUT2D eigenvalue weighted by Gasteiger charge is -2.04. The van der Waals surface area contributed by atoms with Gasteiger partial charge in [0, 0.05) is 24.0 Å². The number of nitrogens with zero attached hydrogens (tertiary/aromatic N) is 2. The molecular weight excluding hydrogens is 228 g/mol. The van der Waals surface area contributed by atoms with Crippen LogP contribution >= 0.6 is 0 Å². The molecule has 0 amide bonds. The first-order chi connectivity index (χ1) is 8.75. The molecule has 0 radical (unpaired) electrons. The van der Waals surface area contributed by atoms with E-state index in [1.54, 1.807) is 12.1 Å². The highest BCUT2D eigenvalue weighted by molar-refractivity contribution is 5.81. The number of fused-ring (bicyclic) bond motifs is 1. The van der Waals surface area contributed by atoms with Crippen LogP contribution in [0.1, 0.15) is 0 Å². The molecule has 0 bridgehead atoms. The Hall–Kier alpha value is -2.62. The Morgan fingerprint density at radius 1 is 0.944 bits per heavy atom. The number of nitro benzene ring substituents is 1. The van der Waals surface area contributed by atoms with Crippen molar-refractivity contribution in [1.82, 2.24) is 4.57 Å². The van der Waals surface area contributed by atoms with E-state index in [0.29, 0.717) is 0 Å². The van der Waals surface area contributed by atoms with Crippen LogP contribution in [0.5, 0.6) is 0 Å². The lowest BCUT2D eigenvalue weighted by atomic mass is 10.2. The average molecular weight is 238 g/mol. The number of benzene rings is 2. The van der Waals surface area contributed by atoms with Crippen LogP contribution < -0.4 is 0 Å². The highest BCUT2D eigenvalue weighted by Crippen LogP contribution is 2.21. The molecule has 2 aromatic carbocycles. The summed E-state index contributed by atoms with van der Waals surface area (Å²) >= 11 is 0. The molecule has 3 rings (SSSR count). The number of non-ortho nitro benzene ring substituents is 1. The SMILES string of the molecule is O=[N+]([O-])c1ccc(-n2ccc3ccccc32)cc1. The molecule has 0 aliphatic rings. The molecule has 0 saturated heterocycles. The first-order valence-electron chi connectivity index (χ1n) is 5.56. The second-order valence-corrected chi connectivity index (χ2v) is 4.02. The van der Waals surface area contributed by atoms with Crippen molar-refractivity contribution < 1.29 is 4.92 Å². The fourth-order valence-corrected chi connectivity index (χ4v) is 2.04. The van der Waals surface area contributed by atoms with E-state index in [2.05, 4.69) is 0 Å². The van der Waals surface area contributed by atoms with Gasteiger partial charge in [0.05, 0.1) is 10.4 Å². The first kappa shape index (κ1) is 10.5. The molecule has 0 unspecified atom stereocenters. The Morgan fingerprint density at radius 3 is 2.39 bits per heavy atom. The van der Waals surface area contributed by atoms with E-state index >= 15 is 0 Å². The quantitative estimate of drug-likeness (QED) is 0.506. The van der Waals surface area contributed by atoms with Gasteiger partial charge in [0.2, 0.25) is 0 Å². The van der Waals surface area contributed by atoms with Crippen LogP contribution in [-0.2, 0) is 0 Å². The predicted molar refractivity (Wildman–Crippen MR) is 69.9 cm³/mol. The maximum Gasteiger partial charge on any atom is 0.269 e. The fourth-order valence-electron chi connectivity index (χ4n) is 2.04. The molecular formula is C14H10N2O2. The van der Waals surface area contributed by atoms with Gasteiger partial charge in [0.25, 0.3) is 5.69 Å². The van der Waals surface area contributed by atoms with Crippen LogP contribution in [0.4, 0.5) is 5.69 Å². The lowest BCUT2D eigenvalue weighted by molar-refractivity contribution is -0.384. The van der Waals surface area contributed by atoms with E-state index in [1.165, 1.54) is 12.1 Å². The van der Waals surface area contributed by atoms with Gasteiger partial charge in [0.1, 0.15) is 0 Å². The largest absolute Gasteiger partial charge is 0.317 e. The minimum Gasteiger partial charge on any atom is -0.317 e. The van der Waals surface area contributed by atoms with Crippen molar-refractivity contribution >= 4 is 16.6 Å². The van der Waals surface area contributed by atoms with Crippen LogP contribution in [0.15, 0.2) is 60.8 Å². The van der Waals surface area contributed by atoms with E-state index in [-0.39, 0.29) is 5.69 Å². The summed E-state index contributed by atoms with van der Waals surface area (Å²) in [4.78, 5) is 10.2. The van der Waals surface area contributed by atoms with Gasteiger partial charge in [-0.2, -0.15) is 0 Å². The Bertz CT molecular complexity index is 714. The van der Waals surface area contributed by atoms with Crippen molar-refractivity contribution in [3.8, 4) is 5.69 Å². The van der Waals surface area contributed by atoms with Gasteiger partial charge in [0.15, 0.2) is 0 Å². The molecule has 4 heteroatoms. The van der Waals surface area contributed by atoms with E-state index in [9.17, 15) is 10.1 Å². The van der Waals surface area contributed by atoms with Crippen molar-refractivity contribution in [3.63, 3.8) is 0 Å². The molecule has 3 aromatic rings. The zero-order chi connectivity index (χ0) is 12.5. The van der Waals surface area contributed by atoms with Crippen molar-refractivity contribution in [2.45, 2.75) is 0 Å². The summed E-state index contributed by atoms with van der Waals surface area (Å²) in [6.45, 7) is 0. The normalized spacial score (nSPS) is 10.7. The topological polar surface area (TPSA) is 48.1 Å². The highest BCUT2D eigenvalue weighted by atomic mass is 16.6. The van der Waals surface area contributed by atoms with Crippen molar-refractivity contribution in [2.75, 3.05) is 0 Å². The van der Waals surface area contributed by atoms with Crippen molar-refractivity contribution in [3.05, 3.63) is 70.9 Å². The number of hydrogen-bond acceptors (Lipinski definition) is 2. The molecule has 18 heavy (non-hydrogen) atoms. The summed E-state index contributed by atoms with van der Waals surface area (Å²) in [7, 11) is 0. The van der Waals surface area contributed by atoms with Gasteiger partial charge in [-0.05, 0) is 29.7 Å². The van der Waals surface area contributed by atoms with Crippen molar-refractivity contribution in [2.24, 2.45) is 0 Å². The zero-order valence-electron chi connectivity index (χ0n) is 9.48. The molecule has 0 spiro atoms. The van der Waals surface area contributed by atoms with Gasteiger partial charge in [-0.15, -0.1) is 0 Å². The van der Waals surface area contributed by atoms with Gasteiger partial charge in [-0.25, -0.2) is 0 Å². The summed E-state index contributed by atoms with van der Waals surface area (Å²) < 4.78 is 2.01. The van der Waals surface area contributed by atoms with Crippen LogP contribution in [0.2, 0.25) is 0 Å². The standard InChI is InChI=1S/C14H10N2O2/c17-16(18)13-7-5-12(6-8-13)15-10-9-11-3-1-2-4-14(11)15/h1-10H. The van der Waals surface area contributed by atoms with Gasteiger partial charge < -0.3 is 4.57 Å². The van der Waals surface area contributed by atoms with Crippen molar-refractivity contribution in [1.29, 1.82) is 0 Å². The summed E-state index contributed by atoms with van der Waals surface area (Å²) in [5, 5.41) is 11.8. The molecule has 4 nitrogen and oxygen atoms in total. The third-order valence-corrected chi connectivity index (χ3v) is 2.94. The molecule has 0 aliphatic heterocycles. The zero-order valence-corrected chi connectivity index (χ0v) is 9.48. The van der Waals surface area contributed by atoms with Gasteiger partial charge in [-0.1, -0.05) is 18.2 Å². The van der Waals surface area contributed by atoms with E-state index in [1.807, 2.05) is 41.1 Å². The molecule has 1 aromatic heterocycles. The second-order valence-electron chi connectivity index (χ2n) is 4.02. The Balaban J connectivity index is 2.12. The predicted octanol–water partition coefficient (Wildman–Crippen LogP) is 3.54. The van der Waals surface area contributed by atoms with Crippen LogP contribution in [0.3, 0.4) is 0 Å².